The van der Waals surface area contributed by atoms with Gasteiger partial charge < -0.3 is 0 Å². The Morgan fingerprint density at radius 1 is 1.20 bits per heavy atom. The standard InChI is InChI=1S/C25H31/c1-6-10-11-15-19-25(23-17-13-12-14-18-23)24(9-4)21(5)20-22(8-3)16-7-2/h6,8,10-18,21,25H,4,19-20H2,1-3,5H3/q+1/b10-6-,15-11-,22-8+. The third-order valence-corrected chi connectivity index (χ3v) is 4.37. The van der Waals surface area contributed by atoms with Gasteiger partial charge in [0.1, 0.15) is 0 Å². The molecule has 0 aromatic heterocycles. The van der Waals surface area contributed by atoms with E-state index in [-0.39, 0.29) is 0 Å². The van der Waals surface area contributed by atoms with Crippen LogP contribution in [0.25, 0.3) is 0 Å². The van der Waals surface area contributed by atoms with Crippen LogP contribution in [0.2, 0.25) is 0 Å². The van der Waals surface area contributed by atoms with Crippen LogP contribution in [0.15, 0.2) is 90.2 Å². The molecule has 130 valence electrons. The fourth-order valence-corrected chi connectivity index (χ4v) is 3.08. The summed E-state index contributed by atoms with van der Waals surface area (Å²) in [6, 6.07) is 10.7. The van der Waals surface area contributed by atoms with Crippen LogP contribution in [-0.4, -0.2) is 0 Å². The largest absolute Gasteiger partial charge is 0.156 e. The highest BCUT2D eigenvalue weighted by Gasteiger charge is 2.22. The molecule has 0 saturated carbocycles. The van der Waals surface area contributed by atoms with E-state index in [0.717, 1.165) is 12.8 Å². The van der Waals surface area contributed by atoms with Crippen molar-refractivity contribution in [3.63, 3.8) is 0 Å². The first-order valence-corrected chi connectivity index (χ1v) is 9.06. The predicted molar refractivity (Wildman–Crippen MR) is 111 cm³/mol. The summed E-state index contributed by atoms with van der Waals surface area (Å²) in [5.41, 5.74) is 7.17. The Hall–Kier alpha value is -2.39. The Balaban J connectivity index is 3.10. The van der Waals surface area contributed by atoms with Crippen molar-refractivity contribution in [1.29, 1.82) is 0 Å². The Bertz CT molecular complexity index is 661. The van der Waals surface area contributed by atoms with Crippen LogP contribution < -0.4 is 0 Å². The molecule has 0 heterocycles. The molecule has 1 aromatic rings. The smallest absolute Gasteiger partial charge is 0.129 e. The maximum absolute atomic E-state index is 4.01. The molecule has 0 nitrogen and oxygen atoms in total. The van der Waals surface area contributed by atoms with Crippen LogP contribution in [0, 0.1) is 12.0 Å². The summed E-state index contributed by atoms with van der Waals surface area (Å²) < 4.78 is 0. The summed E-state index contributed by atoms with van der Waals surface area (Å²) in [4.78, 5) is 0. The molecule has 25 heavy (non-hydrogen) atoms. The van der Waals surface area contributed by atoms with Gasteiger partial charge >= 0.3 is 0 Å². The monoisotopic (exact) mass is 331 g/mol. The lowest BCUT2D eigenvalue weighted by atomic mass is 9.80. The molecule has 0 spiro atoms. The van der Waals surface area contributed by atoms with Gasteiger partial charge in [-0.25, -0.2) is 0 Å². The van der Waals surface area contributed by atoms with Gasteiger partial charge in [0.2, 0.25) is 0 Å². The molecule has 0 N–H and O–H groups in total. The molecular formula is C25H31+. The van der Waals surface area contributed by atoms with Gasteiger partial charge in [0, 0.05) is 18.3 Å². The van der Waals surface area contributed by atoms with E-state index in [0.29, 0.717) is 11.8 Å². The molecule has 0 aliphatic heterocycles. The highest BCUT2D eigenvalue weighted by Crippen LogP contribution is 2.35. The van der Waals surface area contributed by atoms with Gasteiger partial charge in [-0.05, 0) is 37.5 Å². The van der Waals surface area contributed by atoms with Crippen LogP contribution >= 0.6 is 0 Å². The fraction of sp³-hybridized carbons (Fsp3) is 0.320. The normalized spacial score (nSPS) is 14.6. The average Bonchev–Trinajstić information content (AvgIpc) is 2.64. The van der Waals surface area contributed by atoms with E-state index in [1.807, 2.05) is 19.9 Å². The zero-order valence-corrected chi connectivity index (χ0v) is 16.1. The van der Waals surface area contributed by atoms with E-state index in [4.69, 9.17) is 0 Å². The molecule has 1 aromatic carbocycles. The second-order valence-corrected chi connectivity index (χ2v) is 6.19. The van der Waals surface area contributed by atoms with Crippen molar-refractivity contribution in [1.82, 2.24) is 0 Å². The lowest BCUT2D eigenvalue weighted by molar-refractivity contribution is 0.606. The molecular weight excluding hydrogens is 300 g/mol. The Morgan fingerprint density at radius 2 is 1.92 bits per heavy atom. The maximum Gasteiger partial charge on any atom is 0.156 e. The van der Waals surface area contributed by atoms with E-state index in [1.165, 1.54) is 16.7 Å². The first-order valence-electron chi connectivity index (χ1n) is 9.06. The molecule has 2 unspecified atom stereocenters. The van der Waals surface area contributed by atoms with E-state index >= 15 is 0 Å². The highest BCUT2D eigenvalue weighted by atomic mass is 14.2. The van der Waals surface area contributed by atoms with Crippen molar-refractivity contribution in [3.05, 3.63) is 102 Å². The van der Waals surface area contributed by atoms with Gasteiger partial charge in [-0.3, -0.25) is 0 Å². The lowest BCUT2D eigenvalue weighted by Gasteiger charge is -2.22. The van der Waals surface area contributed by atoms with Crippen molar-refractivity contribution in [2.24, 2.45) is 5.92 Å². The molecule has 0 saturated heterocycles. The second kappa shape index (κ2) is 12.0. The van der Waals surface area contributed by atoms with Gasteiger partial charge in [-0.1, -0.05) is 68.1 Å². The first-order chi connectivity index (χ1) is 12.2. The van der Waals surface area contributed by atoms with Gasteiger partial charge in [-0.15, -0.1) is 5.73 Å². The van der Waals surface area contributed by atoms with Crippen molar-refractivity contribution in [2.45, 2.75) is 46.5 Å². The molecule has 1 rings (SSSR count). The van der Waals surface area contributed by atoms with Crippen LogP contribution in [0.5, 0.6) is 0 Å². The van der Waals surface area contributed by atoms with Gasteiger partial charge in [-0.2, -0.15) is 0 Å². The Morgan fingerprint density at radius 3 is 2.48 bits per heavy atom. The molecule has 0 heteroatoms. The number of rotatable bonds is 9. The molecule has 2 atom stereocenters. The Labute approximate surface area is 154 Å². The van der Waals surface area contributed by atoms with Gasteiger partial charge in [0.15, 0.2) is 6.08 Å². The van der Waals surface area contributed by atoms with Gasteiger partial charge in [0.05, 0.1) is 18.6 Å². The van der Waals surface area contributed by atoms with Crippen LogP contribution in [0.3, 0.4) is 0 Å². The number of allylic oxidation sites excluding steroid dienone is 9. The summed E-state index contributed by atoms with van der Waals surface area (Å²) in [6.45, 7) is 12.3. The molecule has 0 bridgehead atoms. The molecule has 0 radical (unpaired) electrons. The molecule has 0 aliphatic rings. The number of benzene rings is 1. The summed E-state index contributed by atoms with van der Waals surface area (Å²) in [5, 5.41) is 0. The van der Waals surface area contributed by atoms with Crippen LogP contribution in [-0.2, 0) is 0 Å². The zero-order valence-electron chi connectivity index (χ0n) is 16.1. The highest BCUT2D eigenvalue weighted by molar-refractivity contribution is 5.32. The molecule has 0 aliphatic carbocycles. The van der Waals surface area contributed by atoms with Crippen molar-refractivity contribution in [2.75, 3.05) is 0 Å². The third kappa shape index (κ3) is 6.94. The van der Waals surface area contributed by atoms with Crippen LogP contribution in [0.1, 0.15) is 52.0 Å². The maximum atomic E-state index is 4.01. The quantitative estimate of drug-likeness (QED) is 0.252. The first kappa shape index (κ1) is 20.7. The minimum absolute atomic E-state index is 0.308. The summed E-state index contributed by atoms with van der Waals surface area (Å²) in [5.74, 6) is 0.691. The van der Waals surface area contributed by atoms with Crippen molar-refractivity contribution in [3.8, 4) is 0 Å². The average molecular weight is 332 g/mol. The lowest BCUT2D eigenvalue weighted by Crippen LogP contribution is -2.10. The van der Waals surface area contributed by atoms with Crippen LogP contribution in [0.4, 0.5) is 0 Å². The van der Waals surface area contributed by atoms with Crippen molar-refractivity contribution >= 4 is 0 Å². The predicted octanol–water partition coefficient (Wildman–Crippen LogP) is 7.36. The van der Waals surface area contributed by atoms with Gasteiger partial charge in [0.25, 0.3) is 0 Å². The summed E-state index contributed by atoms with van der Waals surface area (Å²) in [7, 11) is 0. The molecule has 0 amide bonds. The zero-order chi connectivity index (χ0) is 18.5. The summed E-state index contributed by atoms with van der Waals surface area (Å²) in [6.07, 6.45) is 17.8. The summed E-state index contributed by atoms with van der Waals surface area (Å²) >= 11 is 0. The third-order valence-electron chi connectivity index (χ3n) is 4.37. The van der Waals surface area contributed by atoms with E-state index in [1.54, 1.807) is 0 Å². The van der Waals surface area contributed by atoms with E-state index < -0.39 is 0 Å². The fourth-order valence-electron chi connectivity index (χ4n) is 3.08. The second-order valence-electron chi connectivity index (χ2n) is 6.19. The minimum Gasteiger partial charge on any atom is -0.129 e. The van der Waals surface area contributed by atoms with E-state index in [2.05, 4.69) is 92.9 Å². The minimum atomic E-state index is 0.308. The Kier molecular flexibility index (Phi) is 9.95. The van der Waals surface area contributed by atoms with E-state index in [9.17, 15) is 0 Å². The topological polar surface area (TPSA) is 0 Å². The SMILES string of the molecule is C=C=C(C(C)C/C(C=[C+]C)=C/C)C(C/C=C\C=C/C)c1ccccc1. The number of hydrogen-bond acceptors (Lipinski definition) is 0. The van der Waals surface area contributed by atoms with Crippen molar-refractivity contribution < 1.29 is 0 Å². The molecule has 0 fully saturated rings. The number of hydrogen-bond donors (Lipinski definition) is 0.